The van der Waals surface area contributed by atoms with E-state index in [-0.39, 0.29) is 0 Å². The predicted molar refractivity (Wildman–Crippen MR) is 65.4 cm³/mol. The van der Waals surface area contributed by atoms with Gasteiger partial charge in [0.05, 0.1) is 0 Å². The van der Waals surface area contributed by atoms with Crippen LogP contribution in [0.15, 0.2) is 22.9 Å². The van der Waals surface area contributed by atoms with E-state index in [2.05, 4.69) is 29.0 Å². The van der Waals surface area contributed by atoms with Crippen molar-refractivity contribution >= 4 is 0 Å². The summed E-state index contributed by atoms with van der Waals surface area (Å²) in [7, 11) is 0. The Labute approximate surface area is 105 Å². The summed E-state index contributed by atoms with van der Waals surface area (Å²) in [6.07, 6.45) is 3.39. The number of aryl methyl sites for hydroxylation is 1. The Hall–Kier alpha value is -2.22. The first kappa shape index (κ1) is 12.2. The molecule has 2 rings (SSSR count). The first-order valence-electron chi connectivity index (χ1n) is 5.88. The van der Waals surface area contributed by atoms with Gasteiger partial charge in [0, 0.05) is 18.2 Å². The molecule has 0 unspecified atom stereocenters. The van der Waals surface area contributed by atoms with Crippen LogP contribution in [-0.2, 0) is 6.42 Å². The second kappa shape index (κ2) is 5.41. The fourth-order valence-electron chi connectivity index (χ4n) is 1.52. The Balaban J connectivity index is 2.16. The van der Waals surface area contributed by atoms with Gasteiger partial charge >= 0.3 is 0 Å². The van der Waals surface area contributed by atoms with E-state index in [0.29, 0.717) is 23.3 Å². The average molecular weight is 242 g/mol. The second-order valence-electron chi connectivity index (χ2n) is 4.49. The quantitative estimate of drug-likeness (QED) is 0.823. The molecule has 0 atom stereocenters. The summed E-state index contributed by atoms with van der Waals surface area (Å²) in [4.78, 5) is 8.21. The van der Waals surface area contributed by atoms with Gasteiger partial charge in [0.15, 0.2) is 5.82 Å². The van der Waals surface area contributed by atoms with Gasteiger partial charge in [0.1, 0.15) is 11.8 Å². The van der Waals surface area contributed by atoms with Crippen molar-refractivity contribution in [3.8, 4) is 17.5 Å². The Morgan fingerprint density at radius 3 is 3.00 bits per heavy atom. The van der Waals surface area contributed by atoms with Crippen LogP contribution in [0, 0.1) is 17.2 Å². The maximum atomic E-state index is 8.78. The minimum atomic E-state index is 0.342. The lowest BCUT2D eigenvalue weighted by atomic mass is 10.1. The number of nitrogens with zero attached hydrogens (tertiary/aromatic N) is 4. The highest BCUT2D eigenvalue weighted by atomic mass is 16.5. The number of hydrogen-bond acceptors (Lipinski definition) is 5. The smallest absolute Gasteiger partial charge is 0.258 e. The highest BCUT2D eigenvalue weighted by Crippen LogP contribution is 2.18. The lowest BCUT2D eigenvalue weighted by Crippen LogP contribution is -1.94. The molecule has 5 heteroatoms. The Morgan fingerprint density at radius 2 is 2.28 bits per heavy atom. The summed E-state index contributed by atoms with van der Waals surface area (Å²) in [5.74, 6) is 1.75. The van der Waals surface area contributed by atoms with Gasteiger partial charge in [0.2, 0.25) is 0 Å². The zero-order valence-corrected chi connectivity index (χ0v) is 10.4. The van der Waals surface area contributed by atoms with Crippen LogP contribution in [0.2, 0.25) is 0 Å². The maximum Gasteiger partial charge on any atom is 0.258 e. The molecule has 5 nitrogen and oxygen atoms in total. The van der Waals surface area contributed by atoms with Gasteiger partial charge in [-0.2, -0.15) is 10.2 Å². The largest absolute Gasteiger partial charge is 0.334 e. The van der Waals surface area contributed by atoms with E-state index in [4.69, 9.17) is 9.78 Å². The number of nitriles is 1. The molecular formula is C13H14N4O. The lowest BCUT2D eigenvalue weighted by Gasteiger charge is -1.98. The summed E-state index contributed by atoms with van der Waals surface area (Å²) in [5.41, 5.74) is 1.07. The van der Waals surface area contributed by atoms with E-state index >= 15 is 0 Å². The molecule has 2 aromatic heterocycles. The minimum Gasteiger partial charge on any atom is -0.334 e. The number of rotatable bonds is 4. The molecule has 18 heavy (non-hydrogen) atoms. The van der Waals surface area contributed by atoms with Crippen LogP contribution in [-0.4, -0.2) is 15.1 Å². The molecule has 0 spiro atoms. The van der Waals surface area contributed by atoms with E-state index in [1.165, 1.54) is 0 Å². The molecule has 92 valence electrons. The first-order valence-corrected chi connectivity index (χ1v) is 5.88. The third-order valence-corrected chi connectivity index (χ3v) is 2.53. The summed E-state index contributed by atoms with van der Waals surface area (Å²) in [5, 5.41) is 12.7. The highest BCUT2D eigenvalue weighted by Gasteiger charge is 2.10. The van der Waals surface area contributed by atoms with Gasteiger partial charge in [-0.3, -0.25) is 0 Å². The summed E-state index contributed by atoms with van der Waals surface area (Å²) in [6, 6.07) is 5.37. The van der Waals surface area contributed by atoms with Crippen LogP contribution in [0.4, 0.5) is 0 Å². The van der Waals surface area contributed by atoms with Crippen LogP contribution >= 0.6 is 0 Å². The molecule has 0 fully saturated rings. The standard InChI is InChI=1S/C13H14N4O/c1-9(2)3-4-12-16-13(18-17-12)10-5-6-15-11(7-10)8-14/h5-7,9H,3-4H2,1-2H3. The Morgan fingerprint density at radius 1 is 1.44 bits per heavy atom. The van der Waals surface area contributed by atoms with Crippen LogP contribution in [0.25, 0.3) is 11.5 Å². The lowest BCUT2D eigenvalue weighted by molar-refractivity contribution is 0.419. The molecular weight excluding hydrogens is 228 g/mol. The van der Waals surface area contributed by atoms with Gasteiger partial charge in [0.25, 0.3) is 5.89 Å². The molecule has 0 N–H and O–H groups in total. The van der Waals surface area contributed by atoms with Crippen molar-refractivity contribution in [2.45, 2.75) is 26.7 Å². The van der Waals surface area contributed by atoms with Crippen molar-refractivity contribution in [1.82, 2.24) is 15.1 Å². The van der Waals surface area contributed by atoms with E-state index in [1.807, 2.05) is 6.07 Å². The fourth-order valence-corrected chi connectivity index (χ4v) is 1.52. The molecule has 0 saturated heterocycles. The number of pyridine rings is 1. The van der Waals surface area contributed by atoms with Crippen molar-refractivity contribution in [2.75, 3.05) is 0 Å². The van der Waals surface area contributed by atoms with Crippen molar-refractivity contribution in [1.29, 1.82) is 5.26 Å². The number of hydrogen-bond donors (Lipinski definition) is 0. The van der Waals surface area contributed by atoms with Crippen molar-refractivity contribution < 1.29 is 4.52 Å². The zero-order valence-electron chi connectivity index (χ0n) is 10.4. The molecule has 2 aromatic rings. The Kier molecular flexibility index (Phi) is 3.68. The second-order valence-corrected chi connectivity index (χ2v) is 4.49. The normalized spacial score (nSPS) is 10.6. The van der Waals surface area contributed by atoms with Crippen molar-refractivity contribution in [3.63, 3.8) is 0 Å². The van der Waals surface area contributed by atoms with Gasteiger partial charge in [-0.15, -0.1) is 0 Å². The van der Waals surface area contributed by atoms with Gasteiger partial charge < -0.3 is 4.52 Å². The van der Waals surface area contributed by atoms with Crippen LogP contribution in [0.5, 0.6) is 0 Å². The molecule has 0 aliphatic rings. The SMILES string of the molecule is CC(C)CCc1noc(-c2ccnc(C#N)c2)n1. The topological polar surface area (TPSA) is 75.6 Å². The monoisotopic (exact) mass is 242 g/mol. The van der Waals surface area contributed by atoms with E-state index in [1.54, 1.807) is 18.3 Å². The van der Waals surface area contributed by atoms with Crippen LogP contribution in [0.3, 0.4) is 0 Å². The molecule has 0 amide bonds. The molecule has 0 saturated carbocycles. The fraction of sp³-hybridized carbons (Fsp3) is 0.385. The van der Waals surface area contributed by atoms with Crippen molar-refractivity contribution in [3.05, 3.63) is 29.8 Å². The molecule has 0 aromatic carbocycles. The zero-order chi connectivity index (χ0) is 13.0. The van der Waals surface area contributed by atoms with E-state index in [9.17, 15) is 0 Å². The predicted octanol–water partition coefficient (Wildman–Crippen LogP) is 2.59. The third-order valence-electron chi connectivity index (χ3n) is 2.53. The molecule has 0 radical (unpaired) electrons. The molecule has 0 aliphatic heterocycles. The highest BCUT2D eigenvalue weighted by molar-refractivity contribution is 5.53. The van der Waals surface area contributed by atoms with Crippen molar-refractivity contribution in [2.24, 2.45) is 5.92 Å². The van der Waals surface area contributed by atoms with Crippen LogP contribution in [0.1, 0.15) is 31.8 Å². The Bertz CT molecular complexity index is 568. The van der Waals surface area contributed by atoms with E-state index in [0.717, 1.165) is 18.4 Å². The molecule has 0 aliphatic carbocycles. The van der Waals surface area contributed by atoms with Crippen LogP contribution < -0.4 is 0 Å². The summed E-state index contributed by atoms with van der Waals surface area (Å²) >= 11 is 0. The first-order chi connectivity index (χ1) is 8.69. The number of aromatic nitrogens is 3. The average Bonchev–Trinajstić information content (AvgIpc) is 2.85. The maximum absolute atomic E-state index is 8.78. The summed E-state index contributed by atoms with van der Waals surface area (Å²) < 4.78 is 5.18. The van der Waals surface area contributed by atoms with Gasteiger partial charge in [-0.05, 0) is 24.5 Å². The molecule has 0 bridgehead atoms. The van der Waals surface area contributed by atoms with Gasteiger partial charge in [-0.25, -0.2) is 4.98 Å². The summed E-state index contributed by atoms with van der Waals surface area (Å²) in [6.45, 7) is 4.31. The minimum absolute atomic E-state index is 0.342. The molecule has 2 heterocycles. The van der Waals surface area contributed by atoms with Gasteiger partial charge in [-0.1, -0.05) is 19.0 Å². The third kappa shape index (κ3) is 2.92. The van der Waals surface area contributed by atoms with E-state index < -0.39 is 0 Å².